The van der Waals surface area contributed by atoms with E-state index in [0.717, 1.165) is 36.9 Å². The van der Waals surface area contributed by atoms with Crippen LogP contribution in [0, 0.1) is 5.92 Å². The molecular formula is C26H36N5O5P. The van der Waals surface area contributed by atoms with Crippen LogP contribution in [0.3, 0.4) is 0 Å². The summed E-state index contributed by atoms with van der Waals surface area (Å²) in [6.07, 6.45) is 4.84. The predicted molar refractivity (Wildman–Crippen MR) is 142 cm³/mol. The Morgan fingerprint density at radius 1 is 1.27 bits per heavy atom. The van der Waals surface area contributed by atoms with E-state index in [1.165, 1.54) is 6.33 Å². The molecule has 1 aliphatic heterocycles. The van der Waals surface area contributed by atoms with Gasteiger partial charge in [-0.3, -0.25) is 4.79 Å². The van der Waals surface area contributed by atoms with E-state index in [9.17, 15) is 4.79 Å². The molecule has 0 radical (unpaired) electrons. The maximum Gasteiger partial charge on any atom is 0.320 e. The summed E-state index contributed by atoms with van der Waals surface area (Å²) >= 11 is 0. The van der Waals surface area contributed by atoms with Gasteiger partial charge in [0.05, 0.1) is 25.0 Å². The molecule has 1 unspecified atom stereocenters. The Labute approximate surface area is 218 Å². The van der Waals surface area contributed by atoms with E-state index in [-0.39, 0.29) is 18.6 Å². The standard InChI is InChI=1S/C26H36N5O5P/c1-4-19(5-2)16-33-24(32)15-30-37(36-20-9-7-6-8-10-20)34-17-21-13-14-26(3,35-21)23-12-11-22-25(27)28-18-29-31(22)23/h6-12,18-19,21,30H,4-5,13-17H2,1-3H3,(H2,27,28,29)/t21?,26-,37-/m1/s1. The minimum atomic E-state index is -1.60. The van der Waals surface area contributed by atoms with E-state index >= 15 is 0 Å². The molecule has 0 aliphatic carbocycles. The zero-order chi connectivity index (χ0) is 26.3. The summed E-state index contributed by atoms with van der Waals surface area (Å²) in [6, 6.07) is 13.3. The SMILES string of the molecule is CCC(CC)COC(=O)CN[P@](OCC1CC[C@](C)(c2ccc3c(N)ncnn23)O1)Oc1ccccc1. The second-order valence-corrected chi connectivity index (χ2v) is 10.6. The highest BCUT2D eigenvalue weighted by Crippen LogP contribution is 2.42. The largest absolute Gasteiger partial charge is 0.464 e. The van der Waals surface area contributed by atoms with Crippen LogP contribution in [0.5, 0.6) is 5.75 Å². The molecular weight excluding hydrogens is 493 g/mol. The number of hydrogen-bond donors (Lipinski definition) is 2. The van der Waals surface area contributed by atoms with Crippen LogP contribution in [0.15, 0.2) is 48.8 Å². The lowest BCUT2D eigenvalue weighted by atomic mass is 9.98. The number of esters is 1. The first-order chi connectivity index (χ1) is 17.9. The first kappa shape index (κ1) is 27.3. The van der Waals surface area contributed by atoms with Gasteiger partial charge >= 0.3 is 14.5 Å². The summed E-state index contributed by atoms with van der Waals surface area (Å²) in [4.78, 5) is 16.4. The first-order valence-corrected chi connectivity index (χ1v) is 13.9. The van der Waals surface area contributed by atoms with Crippen molar-refractivity contribution < 1.29 is 23.3 Å². The van der Waals surface area contributed by atoms with Crippen molar-refractivity contribution in [2.24, 2.45) is 5.92 Å². The predicted octanol–water partition coefficient (Wildman–Crippen LogP) is 4.60. The van der Waals surface area contributed by atoms with E-state index in [4.69, 9.17) is 24.3 Å². The maximum atomic E-state index is 12.3. The fraction of sp³-hybridized carbons (Fsp3) is 0.500. The zero-order valence-corrected chi connectivity index (χ0v) is 22.5. The number of hydrogen-bond acceptors (Lipinski definition) is 9. The number of nitrogens with two attached hydrogens (primary N) is 1. The number of benzene rings is 1. The summed E-state index contributed by atoms with van der Waals surface area (Å²) < 4.78 is 25.8. The van der Waals surface area contributed by atoms with Gasteiger partial charge in [-0.2, -0.15) is 5.10 Å². The number of aromatic nitrogens is 3. The number of para-hydroxylation sites is 1. The molecule has 3 aromatic rings. The Kier molecular flexibility index (Phi) is 9.32. The number of nitrogen functional groups attached to an aromatic ring is 1. The first-order valence-electron chi connectivity index (χ1n) is 12.7. The van der Waals surface area contributed by atoms with Crippen LogP contribution in [-0.4, -0.2) is 46.4 Å². The molecule has 0 saturated carbocycles. The third-order valence-electron chi connectivity index (χ3n) is 6.69. The van der Waals surface area contributed by atoms with Crippen molar-refractivity contribution in [2.45, 2.75) is 58.2 Å². The number of carbonyl (C=O) groups is 1. The topological polar surface area (TPSA) is 122 Å². The normalized spacial score (nSPS) is 20.4. The van der Waals surface area contributed by atoms with E-state index in [2.05, 4.69) is 29.0 Å². The summed E-state index contributed by atoms with van der Waals surface area (Å²) in [5, 5.41) is 7.44. The molecule has 1 fully saturated rings. The smallest absolute Gasteiger partial charge is 0.320 e. The van der Waals surface area contributed by atoms with Crippen LogP contribution in [0.25, 0.3) is 5.52 Å². The van der Waals surface area contributed by atoms with E-state index in [1.54, 1.807) is 4.52 Å². The number of carbonyl (C=O) groups excluding carboxylic acids is 1. The number of nitrogens with one attached hydrogen (secondary N) is 1. The third kappa shape index (κ3) is 6.96. The highest BCUT2D eigenvalue weighted by molar-refractivity contribution is 7.45. The molecule has 37 heavy (non-hydrogen) atoms. The molecule has 1 saturated heterocycles. The maximum absolute atomic E-state index is 12.3. The molecule has 0 bridgehead atoms. The van der Waals surface area contributed by atoms with Crippen molar-refractivity contribution in [3.63, 3.8) is 0 Å². The van der Waals surface area contributed by atoms with Crippen LogP contribution in [-0.2, 0) is 24.4 Å². The average molecular weight is 530 g/mol. The van der Waals surface area contributed by atoms with Gasteiger partial charge < -0.3 is 24.3 Å². The van der Waals surface area contributed by atoms with Crippen molar-refractivity contribution in [1.82, 2.24) is 19.7 Å². The van der Waals surface area contributed by atoms with Crippen molar-refractivity contribution in [2.75, 3.05) is 25.5 Å². The van der Waals surface area contributed by atoms with Crippen LogP contribution < -0.4 is 15.3 Å². The highest BCUT2D eigenvalue weighted by Gasteiger charge is 2.40. The van der Waals surface area contributed by atoms with Gasteiger partial charge in [-0.1, -0.05) is 44.9 Å². The molecule has 3 heterocycles. The lowest BCUT2D eigenvalue weighted by Gasteiger charge is -2.25. The molecule has 3 atom stereocenters. The minimum Gasteiger partial charge on any atom is -0.464 e. The molecule has 0 spiro atoms. The average Bonchev–Trinajstić information content (AvgIpc) is 3.52. The van der Waals surface area contributed by atoms with Gasteiger partial charge in [-0.25, -0.2) is 14.6 Å². The molecule has 200 valence electrons. The van der Waals surface area contributed by atoms with Crippen molar-refractivity contribution in [3.05, 3.63) is 54.5 Å². The van der Waals surface area contributed by atoms with Crippen molar-refractivity contribution in [3.8, 4) is 5.75 Å². The van der Waals surface area contributed by atoms with Gasteiger partial charge in [0.25, 0.3) is 0 Å². The fourth-order valence-electron chi connectivity index (χ4n) is 4.33. The molecule has 2 aromatic heterocycles. The third-order valence-corrected chi connectivity index (χ3v) is 7.87. The van der Waals surface area contributed by atoms with Crippen molar-refractivity contribution >= 4 is 25.8 Å². The Morgan fingerprint density at radius 3 is 2.81 bits per heavy atom. The lowest BCUT2D eigenvalue weighted by Crippen LogP contribution is -2.28. The second kappa shape index (κ2) is 12.6. The minimum absolute atomic E-state index is 0.000797. The number of nitrogens with zero attached hydrogens (tertiary/aromatic N) is 3. The van der Waals surface area contributed by atoms with Gasteiger partial charge in [0.15, 0.2) is 5.82 Å². The van der Waals surface area contributed by atoms with Gasteiger partial charge in [-0.05, 0) is 49.9 Å². The molecule has 10 nitrogen and oxygen atoms in total. The zero-order valence-electron chi connectivity index (χ0n) is 21.6. The summed E-state index contributed by atoms with van der Waals surface area (Å²) in [6.45, 7) is 6.97. The van der Waals surface area contributed by atoms with Gasteiger partial charge in [0.2, 0.25) is 0 Å². The van der Waals surface area contributed by atoms with E-state index in [1.807, 2.05) is 49.4 Å². The number of rotatable bonds is 13. The number of fused-ring (bicyclic) bond motifs is 1. The number of ether oxygens (including phenoxy) is 2. The van der Waals surface area contributed by atoms with E-state index < -0.39 is 14.1 Å². The number of anilines is 1. The summed E-state index contributed by atoms with van der Waals surface area (Å²) in [7, 11) is -1.60. The summed E-state index contributed by atoms with van der Waals surface area (Å²) in [5.74, 6) is 1.12. The molecule has 1 aliphatic rings. The van der Waals surface area contributed by atoms with Gasteiger partial charge in [-0.15, -0.1) is 0 Å². The lowest BCUT2D eigenvalue weighted by molar-refractivity contribution is -0.143. The summed E-state index contributed by atoms with van der Waals surface area (Å²) in [5.41, 5.74) is 7.12. The van der Waals surface area contributed by atoms with Crippen LogP contribution in [0.2, 0.25) is 0 Å². The molecule has 11 heteroatoms. The van der Waals surface area contributed by atoms with Gasteiger partial charge in [0.1, 0.15) is 29.7 Å². The van der Waals surface area contributed by atoms with Crippen LogP contribution in [0.4, 0.5) is 5.82 Å². The second-order valence-electron chi connectivity index (χ2n) is 9.33. The Balaban J connectivity index is 1.35. The Bertz CT molecular complexity index is 1160. The highest BCUT2D eigenvalue weighted by atomic mass is 31.2. The molecule has 3 N–H and O–H groups in total. The quantitative estimate of drug-likeness (QED) is 0.242. The Hall–Kier alpha value is -2.78. The molecule has 1 aromatic carbocycles. The fourth-order valence-corrected chi connectivity index (χ4v) is 5.41. The van der Waals surface area contributed by atoms with E-state index in [0.29, 0.717) is 30.7 Å². The van der Waals surface area contributed by atoms with Crippen LogP contribution >= 0.6 is 8.53 Å². The Morgan fingerprint density at radius 2 is 2.05 bits per heavy atom. The van der Waals surface area contributed by atoms with Gasteiger partial charge in [0, 0.05) is 0 Å². The van der Waals surface area contributed by atoms with Crippen molar-refractivity contribution in [1.29, 1.82) is 0 Å². The molecule has 4 rings (SSSR count). The van der Waals surface area contributed by atoms with Crippen LogP contribution in [0.1, 0.15) is 52.1 Å². The monoisotopic (exact) mass is 529 g/mol. The molecule has 0 amide bonds.